The number of hydrogen-bond donors (Lipinski definition) is 0. The third-order valence-corrected chi connectivity index (χ3v) is 1.72. The summed E-state index contributed by atoms with van der Waals surface area (Å²) >= 11 is 0. The van der Waals surface area contributed by atoms with Crippen molar-refractivity contribution in [2.45, 2.75) is 19.8 Å². The van der Waals surface area contributed by atoms with E-state index in [0.29, 0.717) is 6.42 Å². The van der Waals surface area contributed by atoms with E-state index in [4.69, 9.17) is 0 Å². The second-order valence-electron chi connectivity index (χ2n) is 2.81. The highest BCUT2D eigenvalue weighted by atomic mass is 24.3. The Balaban J connectivity index is 0. The summed E-state index contributed by atoms with van der Waals surface area (Å²) in [5.74, 6) is -3.50. The largest absolute Gasteiger partial charge is 0.468 e. The molecule has 0 radical (unpaired) electrons. The zero-order chi connectivity index (χ0) is 11.8. The molecule has 88 valence electrons. The summed E-state index contributed by atoms with van der Waals surface area (Å²) in [6.45, 7) is 4.95. The van der Waals surface area contributed by atoms with Crippen LogP contribution in [0.2, 0.25) is 0 Å². The molecule has 0 aliphatic rings. The maximum Gasteiger partial charge on any atom is 0.337 e. The van der Waals surface area contributed by atoms with E-state index in [1.54, 1.807) is 6.92 Å². The molecule has 0 heterocycles. The molecule has 0 aliphatic heterocycles. The van der Waals surface area contributed by atoms with E-state index in [2.05, 4.69) is 16.1 Å². The van der Waals surface area contributed by atoms with Gasteiger partial charge in [-0.3, -0.25) is 9.59 Å². The summed E-state index contributed by atoms with van der Waals surface area (Å²) < 4.78 is 8.76. The molecule has 0 N–H and O–H groups in total. The van der Waals surface area contributed by atoms with Gasteiger partial charge in [-0.25, -0.2) is 4.79 Å². The van der Waals surface area contributed by atoms with Gasteiger partial charge in [0, 0.05) is 6.08 Å². The maximum absolute atomic E-state index is 11.3. The van der Waals surface area contributed by atoms with E-state index in [0.717, 1.165) is 6.08 Å². The normalized spacial score (nSPS) is 10.6. The Morgan fingerprint density at radius 1 is 1.31 bits per heavy atom. The first-order valence-electron chi connectivity index (χ1n) is 4.52. The van der Waals surface area contributed by atoms with Crippen molar-refractivity contribution in [1.29, 1.82) is 0 Å². The van der Waals surface area contributed by atoms with Crippen LogP contribution in [-0.2, 0) is 23.9 Å². The first kappa shape index (κ1) is 17.5. The molecule has 0 amide bonds. The van der Waals surface area contributed by atoms with Crippen molar-refractivity contribution in [3.05, 3.63) is 12.7 Å². The van der Waals surface area contributed by atoms with E-state index in [-0.39, 0.29) is 29.5 Å². The van der Waals surface area contributed by atoms with Gasteiger partial charge >= 0.3 is 41.0 Å². The number of carbonyl (C=O) groups is 3. The number of carbonyl (C=O) groups excluding carboxylic acids is 3. The molecule has 0 aliphatic carbocycles. The van der Waals surface area contributed by atoms with Crippen LogP contribution < -0.4 is 0 Å². The summed E-state index contributed by atoms with van der Waals surface area (Å²) in [6, 6.07) is 0. The van der Waals surface area contributed by atoms with Crippen LogP contribution in [0.4, 0.5) is 0 Å². The summed E-state index contributed by atoms with van der Waals surface area (Å²) in [4.78, 5) is 33.2. The second-order valence-corrected chi connectivity index (χ2v) is 2.81. The van der Waals surface area contributed by atoms with Crippen LogP contribution in [0.15, 0.2) is 12.7 Å². The Bertz CT molecular complexity index is 274. The fourth-order valence-corrected chi connectivity index (χ4v) is 0.975. The molecule has 5 nitrogen and oxygen atoms in total. The zero-order valence-electron chi connectivity index (χ0n) is 8.82. The summed E-state index contributed by atoms with van der Waals surface area (Å²) in [5.41, 5.74) is 0. The highest BCUT2D eigenvalue weighted by molar-refractivity contribution is 6.01. The third kappa shape index (κ3) is 5.87. The van der Waals surface area contributed by atoms with Gasteiger partial charge in [-0.15, -0.1) is 0 Å². The van der Waals surface area contributed by atoms with Gasteiger partial charge in [0.25, 0.3) is 0 Å². The van der Waals surface area contributed by atoms with Gasteiger partial charge in [-0.05, 0) is 6.42 Å². The van der Waals surface area contributed by atoms with Gasteiger partial charge in [0.2, 0.25) is 0 Å². The lowest BCUT2D eigenvalue weighted by Crippen LogP contribution is -2.28. The van der Waals surface area contributed by atoms with E-state index < -0.39 is 23.8 Å². The Morgan fingerprint density at radius 3 is 2.25 bits per heavy atom. The van der Waals surface area contributed by atoms with Gasteiger partial charge in [0.1, 0.15) is 0 Å². The number of rotatable bonds is 5. The highest BCUT2D eigenvalue weighted by Gasteiger charge is 2.29. The molecule has 0 saturated heterocycles. The van der Waals surface area contributed by atoms with Crippen molar-refractivity contribution in [2.24, 2.45) is 5.92 Å². The molecule has 0 fully saturated rings. The fourth-order valence-electron chi connectivity index (χ4n) is 0.975. The van der Waals surface area contributed by atoms with Crippen molar-refractivity contribution in [2.75, 3.05) is 7.11 Å². The number of methoxy groups -OCH3 is 1. The molecular formula is C10H16MgO5. The van der Waals surface area contributed by atoms with Gasteiger partial charge in [0.05, 0.1) is 7.11 Å². The van der Waals surface area contributed by atoms with Crippen molar-refractivity contribution in [1.82, 2.24) is 0 Å². The van der Waals surface area contributed by atoms with Gasteiger partial charge in [0.15, 0.2) is 5.92 Å². The smallest absolute Gasteiger partial charge is 0.337 e. The molecule has 0 aromatic rings. The molecule has 0 rings (SSSR count). The molecule has 1 atom stereocenters. The lowest BCUT2D eigenvalue weighted by Gasteiger charge is -2.10. The average molecular weight is 241 g/mol. The second kappa shape index (κ2) is 9.35. The predicted octanol–water partition coefficient (Wildman–Crippen LogP) is -0.0847. The molecule has 0 aromatic carbocycles. The summed E-state index contributed by atoms with van der Waals surface area (Å²) in [6.07, 6.45) is 1.76. The minimum atomic E-state index is -1.04. The van der Waals surface area contributed by atoms with Crippen LogP contribution in [0.1, 0.15) is 19.8 Å². The first-order chi connectivity index (χ1) is 7.06. The SMILES string of the molecule is C=CC(=O)OC(=O)C(CCC)C(=O)OC.[MgH2]. The average Bonchev–Trinajstić information content (AvgIpc) is 2.24. The minimum absolute atomic E-state index is 0. The van der Waals surface area contributed by atoms with Gasteiger partial charge < -0.3 is 9.47 Å². The summed E-state index contributed by atoms with van der Waals surface area (Å²) in [7, 11) is 1.17. The molecule has 6 heteroatoms. The Kier molecular flexibility index (Phi) is 10.2. The molecule has 0 saturated carbocycles. The predicted molar refractivity (Wildman–Crippen MR) is 60.3 cm³/mol. The Hall–Kier alpha value is -0.884. The number of ether oxygens (including phenoxy) is 2. The highest BCUT2D eigenvalue weighted by Crippen LogP contribution is 2.10. The molecule has 1 unspecified atom stereocenters. The summed E-state index contributed by atoms with van der Waals surface area (Å²) in [5, 5.41) is 0. The molecule has 0 spiro atoms. The van der Waals surface area contributed by atoms with Crippen molar-refractivity contribution in [3.8, 4) is 0 Å². The monoisotopic (exact) mass is 240 g/mol. The molecule has 0 aromatic heterocycles. The van der Waals surface area contributed by atoms with E-state index in [9.17, 15) is 14.4 Å². The van der Waals surface area contributed by atoms with Crippen LogP contribution in [0.5, 0.6) is 0 Å². The van der Waals surface area contributed by atoms with Crippen LogP contribution in [-0.4, -0.2) is 48.1 Å². The van der Waals surface area contributed by atoms with Crippen LogP contribution in [0.25, 0.3) is 0 Å². The lowest BCUT2D eigenvalue weighted by atomic mass is 10.0. The minimum Gasteiger partial charge on any atom is -0.468 e. The third-order valence-electron chi connectivity index (χ3n) is 1.72. The van der Waals surface area contributed by atoms with Crippen LogP contribution >= 0.6 is 0 Å². The van der Waals surface area contributed by atoms with Gasteiger partial charge in [-0.2, -0.15) is 0 Å². The van der Waals surface area contributed by atoms with E-state index >= 15 is 0 Å². The Labute approximate surface area is 110 Å². The molecular weight excluding hydrogens is 224 g/mol. The van der Waals surface area contributed by atoms with E-state index in [1.165, 1.54) is 7.11 Å². The molecule has 16 heavy (non-hydrogen) atoms. The van der Waals surface area contributed by atoms with Crippen molar-refractivity contribution >= 4 is 41.0 Å². The van der Waals surface area contributed by atoms with Crippen LogP contribution in [0.3, 0.4) is 0 Å². The topological polar surface area (TPSA) is 69.7 Å². The lowest BCUT2D eigenvalue weighted by molar-refractivity contribution is -0.165. The maximum atomic E-state index is 11.3. The first-order valence-corrected chi connectivity index (χ1v) is 4.52. The van der Waals surface area contributed by atoms with Crippen LogP contribution in [0, 0.1) is 5.92 Å². The quantitative estimate of drug-likeness (QED) is 0.291. The zero-order valence-corrected chi connectivity index (χ0v) is 8.82. The fraction of sp³-hybridized carbons (Fsp3) is 0.500. The number of hydrogen-bond acceptors (Lipinski definition) is 5. The van der Waals surface area contributed by atoms with Crippen molar-refractivity contribution in [3.63, 3.8) is 0 Å². The van der Waals surface area contributed by atoms with Gasteiger partial charge in [-0.1, -0.05) is 19.9 Å². The molecule has 0 bridgehead atoms. The van der Waals surface area contributed by atoms with Crippen molar-refractivity contribution < 1.29 is 23.9 Å². The Morgan fingerprint density at radius 2 is 1.88 bits per heavy atom. The number of esters is 3. The standard InChI is InChI=1S/C10H14O5.Mg.2H/c1-4-6-7(9(12)14-3)10(13)15-8(11)5-2;;;/h5,7H,2,4,6H2,1,3H3;;;. The van der Waals surface area contributed by atoms with E-state index in [1.807, 2.05) is 0 Å².